The van der Waals surface area contributed by atoms with E-state index in [1.807, 2.05) is 19.2 Å². The molecule has 2 N–H and O–H groups in total. The van der Waals surface area contributed by atoms with Crippen molar-refractivity contribution in [1.29, 1.82) is 0 Å². The van der Waals surface area contributed by atoms with E-state index in [1.54, 1.807) is 23.9 Å². The van der Waals surface area contributed by atoms with E-state index in [2.05, 4.69) is 5.32 Å². The van der Waals surface area contributed by atoms with E-state index in [0.717, 1.165) is 23.6 Å². The van der Waals surface area contributed by atoms with Gasteiger partial charge in [0.15, 0.2) is 0 Å². The quantitative estimate of drug-likeness (QED) is 0.560. The van der Waals surface area contributed by atoms with Crippen LogP contribution < -0.4 is 5.32 Å². The van der Waals surface area contributed by atoms with Crippen LogP contribution in [-0.4, -0.2) is 24.5 Å². The van der Waals surface area contributed by atoms with Crippen molar-refractivity contribution < 1.29 is 5.11 Å². The normalized spacial score (nSPS) is 10.2. The number of hydrogen-bond acceptors (Lipinski definition) is 3. The van der Waals surface area contributed by atoms with Crippen LogP contribution in [0, 0.1) is 0 Å². The lowest BCUT2D eigenvalue weighted by atomic mass is 10.3. The van der Waals surface area contributed by atoms with Crippen molar-refractivity contribution in [2.45, 2.75) is 11.3 Å². The summed E-state index contributed by atoms with van der Waals surface area (Å²) in [6.07, 6.45) is 1.15. The van der Waals surface area contributed by atoms with Crippen LogP contribution in [0.3, 0.4) is 0 Å². The van der Waals surface area contributed by atoms with Gasteiger partial charge in [-0.1, -0.05) is 6.07 Å². The van der Waals surface area contributed by atoms with Gasteiger partial charge >= 0.3 is 0 Å². The number of nitrogens with one attached hydrogen (secondary N) is 1. The smallest absolute Gasteiger partial charge is 0.116 e. The van der Waals surface area contributed by atoms with Crippen LogP contribution in [0.2, 0.25) is 0 Å². The van der Waals surface area contributed by atoms with Gasteiger partial charge in [0.2, 0.25) is 0 Å². The SMILES string of the molecule is CNCCCSc1cccc(O)c1. The molecule has 0 aliphatic heterocycles. The lowest BCUT2D eigenvalue weighted by Crippen LogP contribution is -2.07. The fourth-order valence-corrected chi connectivity index (χ4v) is 1.92. The molecule has 0 bridgehead atoms. The Balaban J connectivity index is 2.28. The highest BCUT2D eigenvalue weighted by atomic mass is 32.2. The predicted molar refractivity (Wildman–Crippen MR) is 57.4 cm³/mol. The van der Waals surface area contributed by atoms with Gasteiger partial charge in [-0.3, -0.25) is 0 Å². The zero-order valence-corrected chi connectivity index (χ0v) is 8.60. The van der Waals surface area contributed by atoms with Gasteiger partial charge in [-0.15, -0.1) is 11.8 Å². The van der Waals surface area contributed by atoms with E-state index in [-0.39, 0.29) is 0 Å². The fraction of sp³-hybridized carbons (Fsp3) is 0.400. The second-order valence-electron chi connectivity index (χ2n) is 2.80. The van der Waals surface area contributed by atoms with Gasteiger partial charge in [0, 0.05) is 4.90 Å². The largest absolute Gasteiger partial charge is 0.508 e. The zero-order valence-electron chi connectivity index (χ0n) is 7.79. The summed E-state index contributed by atoms with van der Waals surface area (Å²) in [6, 6.07) is 7.38. The first-order valence-electron chi connectivity index (χ1n) is 4.39. The van der Waals surface area contributed by atoms with Gasteiger partial charge in [-0.25, -0.2) is 0 Å². The third-order valence-corrected chi connectivity index (χ3v) is 2.74. The summed E-state index contributed by atoms with van der Waals surface area (Å²) >= 11 is 1.77. The number of thioether (sulfide) groups is 1. The molecule has 0 atom stereocenters. The molecule has 0 fully saturated rings. The highest BCUT2D eigenvalue weighted by Gasteiger charge is 1.94. The lowest BCUT2D eigenvalue weighted by Gasteiger charge is -2.01. The number of aromatic hydroxyl groups is 1. The number of phenolic OH excluding ortho intramolecular Hbond substituents is 1. The first-order chi connectivity index (χ1) is 6.33. The Bertz CT molecular complexity index is 252. The Morgan fingerprint density at radius 3 is 3.00 bits per heavy atom. The molecular formula is C10H15NOS. The van der Waals surface area contributed by atoms with Crippen molar-refractivity contribution in [3.63, 3.8) is 0 Å². The van der Waals surface area contributed by atoms with Crippen LogP contribution in [0.25, 0.3) is 0 Å². The summed E-state index contributed by atoms with van der Waals surface area (Å²) in [4.78, 5) is 1.14. The van der Waals surface area contributed by atoms with Crippen molar-refractivity contribution in [1.82, 2.24) is 5.32 Å². The minimum atomic E-state index is 0.346. The average Bonchev–Trinajstić information content (AvgIpc) is 2.13. The van der Waals surface area contributed by atoms with Gasteiger partial charge in [-0.2, -0.15) is 0 Å². The number of hydrogen-bond donors (Lipinski definition) is 2. The van der Waals surface area contributed by atoms with Crippen molar-refractivity contribution >= 4 is 11.8 Å². The molecule has 0 saturated carbocycles. The van der Waals surface area contributed by atoms with Crippen LogP contribution in [0.15, 0.2) is 29.2 Å². The Morgan fingerprint density at radius 2 is 2.31 bits per heavy atom. The third-order valence-electron chi connectivity index (χ3n) is 1.66. The predicted octanol–water partition coefficient (Wildman–Crippen LogP) is 2.09. The van der Waals surface area contributed by atoms with Crippen molar-refractivity contribution in [2.24, 2.45) is 0 Å². The van der Waals surface area contributed by atoms with Gasteiger partial charge < -0.3 is 10.4 Å². The molecule has 3 heteroatoms. The number of rotatable bonds is 5. The van der Waals surface area contributed by atoms with E-state index in [9.17, 15) is 5.11 Å². The molecule has 0 aromatic heterocycles. The van der Waals surface area contributed by atoms with Gasteiger partial charge in [-0.05, 0) is 44.0 Å². The summed E-state index contributed by atoms with van der Waals surface area (Å²) in [5, 5.41) is 12.3. The molecule has 0 aliphatic rings. The summed E-state index contributed by atoms with van der Waals surface area (Å²) in [5.41, 5.74) is 0. The highest BCUT2D eigenvalue weighted by Crippen LogP contribution is 2.22. The molecule has 0 aliphatic carbocycles. The van der Waals surface area contributed by atoms with Crippen LogP contribution in [-0.2, 0) is 0 Å². The zero-order chi connectivity index (χ0) is 9.52. The molecule has 0 amide bonds. The lowest BCUT2D eigenvalue weighted by molar-refractivity contribution is 0.474. The molecular weight excluding hydrogens is 182 g/mol. The standard InChI is InChI=1S/C10H15NOS/c1-11-6-3-7-13-10-5-2-4-9(12)8-10/h2,4-5,8,11-12H,3,6-7H2,1H3. The fourth-order valence-electron chi connectivity index (χ4n) is 1.01. The summed E-state index contributed by atoms with van der Waals surface area (Å²) in [5.74, 6) is 1.43. The molecule has 0 unspecified atom stereocenters. The summed E-state index contributed by atoms with van der Waals surface area (Å²) in [7, 11) is 1.96. The first kappa shape index (κ1) is 10.4. The van der Waals surface area contributed by atoms with Crippen LogP contribution in [0.5, 0.6) is 5.75 Å². The first-order valence-corrected chi connectivity index (χ1v) is 5.38. The third kappa shape index (κ3) is 4.20. The van der Waals surface area contributed by atoms with Crippen molar-refractivity contribution in [3.8, 4) is 5.75 Å². The maximum Gasteiger partial charge on any atom is 0.116 e. The Labute approximate surface area is 83.4 Å². The molecule has 1 aromatic rings. The minimum absolute atomic E-state index is 0.346. The van der Waals surface area contributed by atoms with Gasteiger partial charge in [0.1, 0.15) is 5.75 Å². The van der Waals surface area contributed by atoms with E-state index >= 15 is 0 Å². The molecule has 1 aromatic carbocycles. The molecule has 72 valence electrons. The number of benzene rings is 1. The summed E-state index contributed by atoms with van der Waals surface area (Å²) < 4.78 is 0. The minimum Gasteiger partial charge on any atom is -0.508 e. The Hall–Kier alpha value is -0.670. The highest BCUT2D eigenvalue weighted by molar-refractivity contribution is 7.99. The number of phenols is 1. The van der Waals surface area contributed by atoms with Crippen LogP contribution >= 0.6 is 11.8 Å². The van der Waals surface area contributed by atoms with E-state index in [1.165, 1.54) is 0 Å². The van der Waals surface area contributed by atoms with E-state index in [4.69, 9.17) is 0 Å². The van der Waals surface area contributed by atoms with Crippen LogP contribution in [0.4, 0.5) is 0 Å². The molecule has 0 heterocycles. The summed E-state index contributed by atoms with van der Waals surface area (Å²) in [6.45, 7) is 1.05. The van der Waals surface area contributed by atoms with Crippen molar-refractivity contribution in [3.05, 3.63) is 24.3 Å². The van der Waals surface area contributed by atoms with Crippen LogP contribution in [0.1, 0.15) is 6.42 Å². The van der Waals surface area contributed by atoms with Gasteiger partial charge in [0.05, 0.1) is 0 Å². The second kappa shape index (κ2) is 5.89. The monoisotopic (exact) mass is 197 g/mol. The van der Waals surface area contributed by atoms with Gasteiger partial charge in [0.25, 0.3) is 0 Å². The maximum atomic E-state index is 9.19. The molecule has 0 saturated heterocycles. The van der Waals surface area contributed by atoms with E-state index in [0.29, 0.717) is 5.75 Å². The molecule has 0 spiro atoms. The maximum absolute atomic E-state index is 9.19. The molecule has 0 radical (unpaired) electrons. The topological polar surface area (TPSA) is 32.3 Å². The van der Waals surface area contributed by atoms with Crippen molar-refractivity contribution in [2.75, 3.05) is 19.3 Å². The molecule has 2 nitrogen and oxygen atoms in total. The average molecular weight is 197 g/mol. The molecule has 13 heavy (non-hydrogen) atoms. The molecule has 1 rings (SSSR count). The Morgan fingerprint density at radius 1 is 1.46 bits per heavy atom. The second-order valence-corrected chi connectivity index (χ2v) is 3.97. The van der Waals surface area contributed by atoms with E-state index < -0.39 is 0 Å². The Kier molecular flexibility index (Phi) is 4.72.